The van der Waals surface area contributed by atoms with Gasteiger partial charge in [0.2, 0.25) is 0 Å². The highest BCUT2D eigenvalue weighted by molar-refractivity contribution is 5.86. The SMILES string of the molecule is O=C1[C@@H]2CCC[C@@H]1[C@@]1(O)CCCC[C@@H]1C2. The molecule has 3 aliphatic carbocycles. The van der Waals surface area contributed by atoms with Crippen molar-refractivity contribution in [3.63, 3.8) is 0 Å². The summed E-state index contributed by atoms with van der Waals surface area (Å²) in [5, 5.41) is 10.8. The average molecular weight is 208 g/mol. The number of hydrogen-bond donors (Lipinski definition) is 1. The Labute approximate surface area is 91.1 Å². The molecule has 0 aliphatic heterocycles. The van der Waals surface area contributed by atoms with Crippen LogP contribution in [0.5, 0.6) is 0 Å². The van der Waals surface area contributed by atoms with E-state index in [-0.39, 0.29) is 5.92 Å². The molecule has 15 heavy (non-hydrogen) atoms. The molecule has 0 unspecified atom stereocenters. The van der Waals surface area contributed by atoms with Crippen molar-refractivity contribution >= 4 is 5.78 Å². The zero-order valence-electron chi connectivity index (χ0n) is 9.24. The van der Waals surface area contributed by atoms with Crippen LogP contribution in [-0.2, 0) is 4.79 Å². The molecule has 4 atom stereocenters. The lowest BCUT2D eigenvalue weighted by Crippen LogP contribution is -2.57. The van der Waals surface area contributed by atoms with E-state index in [2.05, 4.69) is 0 Å². The Kier molecular flexibility index (Phi) is 2.17. The summed E-state index contributed by atoms with van der Waals surface area (Å²) in [7, 11) is 0. The fraction of sp³-hybridized carbons (Fsp3) is 0.923. The normalized spacial score (nSPS) is 49.9. The molecule has 3 fully saturated rings. The summed E-state index contributed by atoms with van der Waals surface area (Å²) < 4.78 is 0. The van der Waals surface area contributed by atoms with Crippen LogP contribution in [0.25, 0.3) is 0 Å². The van der Waals surface area contributed by atoms with Crippen molar-refractivity contribution in [1.29, 1.82) is 0 Å². The Bertz CT molecular complexity index is 286. The lowest BCUT2D eigenvalue weighted by Gasteiger charge is -2.52. The van der Waals surface area contributed by atoms with E-state index in [1.165, 1.54) is 6.42 Å². The fourth-order valence-corrected chi connectivity index (χ4v) is 4.24. The molecule has 2 bridgehead atoms. The molecule has 3 aliphatic rings. The third kappa shape index (κ3) is 1.30. The van der Waals surface area contributed by atoms with E-state index in [0.717, 1.165) is 44.9 Å². The van der Waals surface area contributed by atoms with Gasteiger partial charge in [-0.15, -0.1) is 0 Å². The molecule has 0 aromatic carbocycles. The molecule has 3 saturated carbocycles. The molecule has 1 N–H and O–H groups in total. The summed E-state index contributed by atoms with van der Waals surface area (Å²) in [6.07, 6.45) is 8.55. The zero-order valence-corrected chi connectivity index (χ0v) is 9.24. The van der Waals surface area contributed by atoms with Crippen LogP contribution in [0.1, 0.15) is 51.4 Å². The molecule has 3 rings (SSSR count). The fourth-order valence-electron chi connectivity index (χ4n) is 4.24. The van der Waals surface area contributed by atoms with Crippen molar-refractivity contribution in [2.24, 2.45) is 17.8 Å². The molecular formula is C13H20O2. The van der Waals surface area contributed by atoms with Gasteiger partial charge in [0.05, 0.1) is 5.60 Å². The van der Waals surface area contributed by atoms with Gasteiger partial charge in [-0.1, -0.05) is 19.3 Å². The average Bonchev–Trinajstić information content (AvgIpc) is 2.21. The first-order valence-corrected chi connectivity index (χ1v) is 6.48. The van der Waals surface area contributed by atoms with Gasteiger partial charge in [-0.3, -0.25) is 4.79 Å². The molecule has 0 aromatic rings. The van der Waals surface area contributed by atoms with Crippen LogP contribution < -0.4 is 0 Å². The largest absolute Gasteiger partial charge is 0.389 e. The lowest BCUT2D eigenvalue weighted by molar-refractivity contribution is -0.167. The van der Waals surface area contributed by atoms with E-state index in [1.807, 2.05) is 0 Å². The van der Waals surface area contributed by atoms with Crippen LogP contribution in [0, 0.1) is 17.8 Å². The van der Waals surface area contributed by atoms with Gasteiger partial charge < -0.3 is 5.11 Å². The van der Waals surface area contributed by atoms with Crippen LogP contribution in [-0.4, -0.2) is 16.5 Å². The molecule has 84 valence electrons. The number of Topliss-reactive ketones (excluding diaryl/α,β-unsaturated/α-hetero) is 1. The third-order valence-electron chi connectivity index (χ3n) is 5.05. The van der Waals surface area contributed by atoms with Crippen LogP contribution >= 0.6 is 0 Å². The zero-order chi connectivity index (χ0) is 10.5. The second-order valence-electron chi connectivity index (χ2n) is 5.75. The Morgan fingerprint density at radius 2 is 2.00 bits per heavy atom. The maximum absolute atomic E-state index is 12.1. The topological polar surface area (TPSA) is 37.3 Å². The number of hydrogen-bond acceptors (Lipinski definition) is 2. The maximum Gasteiger partial charge on any atom is 0.141 e. The summed E-state index contributed by atoms with van der Waals surface area (Å²) in [6, 6.07) is 0. The minimum Gasteiger partial charge on any atom is -0.389 e. The second kappa shape index (κ2) is 3.31. The molecule has 0 heterocycles. The standard InChI is InChI=1S/C13H20O2/c14-12-9-4-3-6-11(12)13(15)7-2-1-5-10(13)8-9/h9-11,15H,1-8H2/t9-,10-,11+,13-/m1/s1. The number of ketones is 1. The Balaban J connectivity index is 1.94. The maximum atomic E-state index is 12.1. The minimum absolute atomic E-state index is 0.00435. The van der Waals surface area contributed by atoms with Crippen molar-refractivity contribution in [3.05, 3.63) is 0 Å². The van der Waals surface area contributed by atoms with Crippen molar-refractivity contribution in [2.75, 3.05) is 0 Å². The summed E-state index contributed by atoms with van der Waals surface area (Å²) in [5.74, 6) is 1.11. The van der Waals surface area contributed by atoms with Gasteiger partial charge in [0.1, 0.15) is 5.78 Å². The van der Waals surface area contributed by atoms with Gasteiger partial charge in [0.25, 0.3) is 0 Å². The molecule has 0 spiro atoms. The lowest BCUT2D eigenvalue weighted by atomic mass is 9.55. The monoisotopic (exact) mass is 208 g/mol. The predicted octanol–water partition coefficient (Wildman–Crippen LogP) is 2.30. The molecule has 0 aromatic heterocycles. The van der Waals surface area contributed by atoms with Gasteiger partial charge in [0.15, 0.2) is 0 Å². The minimum atomic E-state index is -0.605. The molecular weight excluding hydrogens is 188 g/mol. The Hall–Kier alpha value is -0.370. The van der Waals surface area contributed by atoms with Gasteiger partial charge in [-0.25, -0.2) is 0 Å². The summed E-state index contributed by atoms with van der Waals surface area (Å²) in [4.78, 5) is 12.1. The third-order valence-corrected chi connectivity index (χ3v) is 5.05. The van der Waals surface area contributed by atoms with E-state index in [4.69, 9.17) is 0 Å². The number of rotatable bonds is 0. The molecule has 0 saturated heterocycles. The highest BCUT2D eigenvalue weighted by Crippen LogP contribution is 2.52. The number of aliphatic hydroxyl groups is 1. The van der Waals surface area contributed by atoms with Crippen molar-refractivity contribution in [2.45, 2.75) is 57.0 Å². The summed E-state index contributed by atoms with van der Waals surface area (Å²) in [6.45, 7) is 0. The molecule has 0 amide bonds. The first-order chi connectivity index (χ1) is 7.22. The second-order valence-corrected chi connectivity index (χ2v) is 5.75. The van der Waals surface area contributed by atoms with Crippen molar-refractivity contribution < 1.29 is 9.90 Å². The Morgan fingerprint density at radius 1 is 1.13 bits per heavy atom. The first kappa shape index (κ1) is 9.83. The first-order valence-electron chi connectivity index (χ1n) is 6.48. The highest BCUT2D eigenvalue weighted by Gasteiger charge is 2.55. The van der Waals surface area contributed by atoms with Crippen LogP contribution in [0.3, 0.4) is 0 Å². The molecule has 0 radical (unpaired) electrons. The van der Waals surface area contributed by atoms with Gasteiger partial charge >= 0.3 is 0 Å². The predicted molar refractivity (Wildman–Crippen MR) is 57.4 cm³/mol. The molecule has 2 nitrogen and oxygen atoms in total. The van der Waals surface area contributed by atoms with Gasteiger partial charge in [0, 0.05) is 11.8 Å². The van der Waals surface area contributed by atoms with Crippen molar-refractivity contribution in [1.82, 2.24) is 0 Å². The highest BCUT2D eigenvalue weighted by atomic mass is 16.3. The van der Waals surface area contributed by atoms with Crippen LogP contribution in [0.4, 0.5) is 0 Å². The van der Waals surface area contributed by atoms with E-state index >= 15 is 0 Å². The number of carbonyl (C=O) groups excluding carboxylic acids is 1. The van der Waals surface area contributed by atoms with Crippen LogP contribution in [0.2, 0.25) is 0 Å². The van der Waals surface area contributed by atoms with E-state index in [1.54, 1.807) is 0 Å². The summed E-state index contributed by atoms with van der Waals surface area (Å²) >= 11 is 0. The van der Waals surface area contributed by atoms with Gasteiger partial charge in [-0.2, -0.15) is 0 Å². The van der Waals surface area contributed by atoms with Crippen molar-refractivity contribution in [3.8, 4) is 0 Å². The van der Waals surface area contributed by atoms with E-state index in [9.17, 15) is 9.90 Å². The number of fused-ring (bicyclic) bond motifs is 4. The van der Waals surface area contributed by atoms with E-state index in [0.29, 0.717) is 17.6 Å². The summed E-state index contributed by atoms with van der Waals surface area (Å²) in [5.41, 5.74) is -0.605. The van der Waals surface area contributed by atoms with Gasteiger partial charge in [-0.05, 0) is 38.0 Å². The smallest absolute Gasteiger partial charge is 0.141 e. The quantitative estimate of drug-likeness (QED) is 0.663. The molecule has 2 heteroatoms. The van der Waals surface area contributed by atoms with E-state index < -0.39 is 5.60 Å². The number of carbonyl (C=O) groups is 1. The Morgan fingerprint density at radius 3 is 2.87 bits per heavy atom. The van der Waals surface area contributed by atoms with Crippen LogP contribution in [0.15, 0.2) is 0 Å².